The number of nitrogens with zero attached hydrogens (tertiary/aromatic N) is 8. The van der Waals surface area contributed by atoms with Crippen molar-refractivity contribution in [2.24, 2.45) is 7.05 Å². The molecule has 0 aliphatic carbocycles. The van der Waals surface area contributed by atoms with E-state index in [2.05, 4.69) is 22.2 Å². The second-order valence-corrected chi connectivity index (χ2v) is 9.22. The number of aromatic nitrogens is 8. The van der Waals surface area contributed by atoms with Gasteiger partial charge in [0.2, 0.25) is 5.88 Å². The molecule has 0 bridgehead atoms. The van der Waals surface area contributed by atoms with Gasteiger partial charge in [0.25, 0.3) is 0 Å². The Morgan fingerprint density at radius 2 is 1.92 bits per heavy atom. The largest absolute Gasteiger partial charge is 0.496 e. The lowest BCUT2D eigenvalue weighted by Gasteiger charge is -2.23. The first-order valence-electron chi connectivity index (χ1n) is 12.2. The fourth-order valence-electron chi connectivity index (χ4n) is 4.96. The molecule has 0 unspecified atom stereocenters. The van der Waals surface area contributed by atoms with Gasteiger partial charge in [0.05, 0.1) is 32.4 Å². The zero-order valence-corrected chi connectivity index (χ0v) is 21.3. The first kappa shape index (κ1) is 23.0. The third-order valence-electron chi connectivity index (χ3n) is 6.77. The fourth-order valence-corrected chi connectivity index (χ4v) is 4.96. The van der Waals surface area contributed by atoms with Crippen molar-refractivity contribution in [3.8, 4) is 40.0 Å². The van der Waals surface area contributed by atoms with Gasteiger partial charge in [-0.1, -0.05) is 6.07 Å². The van der Waals surface area contributed by atoms with E-state index in [-0.39, 0.29) is 5.92 Å². The fraction of sp³-hybridized carbons (Fsp3) is 0.296. The zero-order valence-electron chi connectivity index (χ0n) is 21.3. The highest BCUT2D eigenvalue weighted by molar-refractivity contribution is 5.70. The number of imidazole rings is 1. The molecule has 5 heterocycles. The monoisotopic (exact) mass is 496 g/mol. The van der Waals surface area contributed by atoms with Crippen LogP contribution in [0.5, 0.6) is 11.6 Å². The summed E-state index contributed by atoms with van der Waals surface area (Å²) in [7, 11) is 5.22. The van der Waals surface area contributed by atoms with Crippen molar-refractivity contribution in [3.63, 3.8) is 0 Å². The van der Waals surface area contributed by atoms with Crippen molar-refractivity contribution in [1.82, 2.24) is 39.1 Å². The molecule has 1 atom stereocenters. The maximum absolute atomic E-state index is 5.65. The average molecular weight is 497 g/mol. The normalized spacial score (nSPS) is 15.0. The highest BCUT2D eigenvalue weighted by atomic mass is 16.5. The second-order valence-electron chi connectivity index (χ2n) is 9.22. The summed E-state index contributed by atoms with van der Waals surface area (Å²) in [4.78, 5) is 14.0. The van der Waals surface area contributed by atoms with Gasteiger partial charge in [0.1, 0.15) is 23.0 Å². The summed E-state index contributed by atoms with van der Waals surface area (Å²) in [6.45, 7) is 2.78. The van der Waals surface area contributed by atoms with E-state index in [1.54, 1.807) is 25.2 Å². The molecule has 0 N–H and O–H groups in total. The summed E-state index contributed by atoms with van der Waals surface area (Å²) < 4.78 is 17.0. The molecule has 0 radical (unpaired) electrons. The standard InChI is InChI=1S/C27H28N8O2/c1-17-14-34(16-28-17)23-9-8-22(30-27(23)37-4)25-31-26-20(6-5-11-35(26)32-25)18-7-10-24(36-3)21(12-18)19-13-29-33(2)15-19/h7-10,12-16,20H,5-6,11H2,1-4H3/t20-/m1/s1. The van der Waals surface area contributed by atoms with Crippen LogP contribution in [0.3, 0.4) is 0 Å². The molecule has 1 aromatic carbocycles. The molecule has 10 heteroatoms. The van der Waals surface area contributed by atoms with Crippen LogP contribution in [0, 0.1) is 6.92 Å². The molecule has 4 aromatic heterocycles. The Morgan fingerprint density at radius 1 is 1.03 bits per heavy atom. The Bertz CT molecular complexity index is 1580. The highest BCUT2D eigenvalue weighted by Crippen LogP contribution is 2.38. The average Bonchev–Trinajstić information content (AvgIpc) is 3.67. The van der Waals surface area contributed by atoms with Gasteiger partial charge in [0.15, 0.2) is 5.82 Å². The number of methoxy groups -OCH3 is 2. The van der Waals surface area contributed by atoms with E-state index in [0.29, 0.717) is 17.4 Å². The van der Waals surface area contributed by atoms with Crippen LogP contribution >= 0.6 is 0 Å². The van der Waals surface area contributed by atoms with Gasteiger partial charge in [-0.2, -0.15) is 5.10 Å². The SMILES string of the molecule is COc1ccc([C@H]2CCCn3nc(-c4ccc(-n5cnc(C)c5)c(OC)n4)nc32)cc1-c1cnn(C)c1. The van der Waals surface area contributed by atoms with E-state index >= 15 is 0 Å². The minimum atomic E-state index is 0.117. The van der Waals surface area contributed by atoms with Crippen molar-refractivity contribution in [3.05, 3.63) is 72.3 Å². The van der Waals surface area contributed by atoms with Crippen molar-refractivity contribution >= 4 is 0 Å². The molecule has 5 aromatic rings. The zero-order chi connectivity index (χ0) is 25.5. The Hall–Kier alpha value is -4.47. The predicted molar refractivity (Wildman–Crippen MR) is 138 cm³/mol. The number of pyridine rings is 1. The molecule has 0 amide bonds. The Labute approximate surface area is 214 Å². The summed E-state index contributed by atoms with van der Waals surface area (Å²) in [5, 5.41) is 9.16. The van der Waals surface area contributed by atoms with E-state index in [9.17, 15) is 0 Å². The maximum atomic E-state index is 5.65. The van der Waals surface area contributed by atoms with E-state index in [4.69, 9.17) is 24.5 Å². The summed E-state index contributed by atoms with van der Waals surface area (Å²) >= 11 is 0. The molecule has 188 valence electrons. The summed E-state index contributed by atoms with van der Waals surface area (Å²) in [6, 6.07) is 10.2. The van der Waals surface area contributed by atoms with E-state index in [1.807, 2.05) is 60.0 Å². The first-order chi connectivity index (χ1) is 18.0. The maximum Gasteiger partial charge on any atom is 0.238 e. The third-order valence-corrected chi connectivity index (χ3v) is 6.77. The first-order valence-corrected chi connectivity index (χ1v) is 12.2. The van der Waals surface area contributed by atoms with Crippen LogP contribution in [0.25, 0.3) is 28.3 Å². The van der Waals surface area contributed by atoms with Gasteiger partial charge in [0, 0.05) is 43.0 Å². The quantitative estimate of drug-likeness (QED) is 0.348. The number of ether oxygens (including phenoxy) is 2. The lowest BCUT2D eigenvalue weighted by Crippen LogP contribution is -2.18. The number of rotatable bonds is 6. The van der Waals surface area contributed by atoms with Crippen LogP contribution in [-0.2, 0) is 13.6 Å². The Balaban J connectivity index is 1.37. The van der Waals surface area contributed by atoms with E-state index in [1.165, 1.54) is 5.56 Å². The minimum absolute atomic E-state index is 0.117. The van der Waals surface area contributed by atoms with Crippen LogP contribution in [0.1, 0.15) is 35.8 Å². The summed E-state index contributed by atoms with van der Waals surface area (Å²) in [5.74, 6) is 2.97. The second kappa shape index (κ2) is 9.20. The third kappa shape index (κ3) is 4.14. The molecule has 1 aliphatic rings. The van der Waals surface area contributed by atoms with Crippen molar-refractivity contribution in [2.45, 2.75) is 32.2 Å². The van der Waals surface area contributed by atoms with Crippen LogP contribution in [0.2, 0.25) is 0 Å². The van der Waals surface area contributed by atoms with Crippen LogP contribution < -0.4 is 9.47 Å². The van der Waals surface area contributed by atoms with Gasteiger partial charge in [-0.05, 0) is 49.6 Å². The molecular weight excluding hydrogens is 468 g/mol. The van der Waals surface area contributed by atoms with Gasteiger partial charge in [-0.25, -0.2) is 19.6 Å². The van der Waals surface area contributed by atoms with Crippen molar-refractivity contribution < 1.29 is 9.47 Å². The predicted octanol–water partition coefficient (Wildman–Crippen LogP) is 4.18. The molecule has 10 nitrogen and oxygen atoms in total. The number of hydrogen-bond donors (Lipinski definition) is 0. The number of aryl methyl sites for hydroxylation is 3. The van der Waals surface area contributed by atoms with Crippen LogP contribution in [0.4, 0.5) is 0 Å². The minimum Gasteiger partial charge on any atom is -0.496 e. The molecule has 0 saturated carbocycles. The van der Waals surface area contributed by atoms with Gasteiger partial charge < -0.3 is 14.0 Å². The highest BCUT2D eigenvalue weighted by Gasteiger charge is 2.28. The molecule has 0 fully saturated rings. The molecule has 1 aliphatic heterocycles. The Morgan fingerprint density at radius 3 is 2.65 bits per heavy atom. The Kier molecular flexibility index (Phi) is 5.71. The lowest BCUT2D eigenvalue weighted by atomic mass is 9.89. The summed E-state index contributed by atoms with van der Waals surface area (Å²) in [6.07, 6.45) is 9.55. The van der Waals surface area contributed by atoms with Crippen molar-refractivity contribution in [1.29, 1.82) is 0 Å². The molecule has 0 saturated heterocycles. The van der Waals surface area contributed by atoms with E-state index in [0.717, 1.165) is 53.5 Å². The topological polar surface area (TPSA) is 97.7 Å². The lowest BCUT2D eigenvalue weighted by molar-refractivity contribution is 0.396. The molecule has 37 heavy (non-hydrogen) atoms. The smallest absolute Gasteiger partial charge is 0.238 e. The van der Waals surface area contributed by atoms with E-state index < -0.39 is 0 Å². The van der Waals surface area contributed by atoms with Crippen LogP contribution in [-0.4, -0.2) is 53.3 Å². The van der Waals surface area contributed by atoms with Crippen LogP contribution in [0.15, 0.2) is 55.2 Å². The van der Waals surface area contributed by atoms with Gasteiger partial charge >= 0.3 is 0 Å². The number of fused-ring (bicyclic) bond motifs is 1. The van der Waals surface area contributed by atoms with Crippen molar-refractivity contribution in [2.75, 3.05) is 14.2 Å². The molecule has 0 spiro atoms. The number of hydrogen-bond acceptors (Lipinski definition) is 7. The molecule has 6 rings (SSSR count). The molecular formula is C27H28N8O2. The van der Waals surface area contributed by atoms with Gasteiger partial charge in [-0.3, -0.25) is 4.68 Å². The van der Waals surface area contributed by atoms with Gasteiger partial charge in [-0.15, -0.1) is 5.10 Å². The number of benzene rings is 1. The summed E-state index contributed by atoms with van der Waals surface area (Å²) in [5.41, 5.74) is 5.62.